The van der Waals surface area contributed by atoms with E-state index >= 15 is 0 Å². The number of aromatic nitrogens is 1. The fourth-order valence-corrected chi connectivity index (χ4v) is 1.98. The molecule has 1 heterocycles. The van der Waals surface area contributed by atoms with E-state index in [1.165, 1.54) is 0 Å². The first-order chi connectivity index (χ1) is 10.1. The molecule has 1 aromatic carbocycles. The average Bonchev–Trinajstić information content (AvgIpc) is 2.47. The second-order valence-corrected chi connectivity index (χ2v) is 4.92. The van der Waals surface area contributed by atoms with E-state index in [1.807, 2.05) is 37.2 Å². The van der Waals surface area contributed by atoms with Crippen LogP contribution >= 0.6 is 0 Å². The summed E-state index contributed by atoms with van der Waals surface area (Å²) in [6.07, 6.45) is 4.12. The molecule has 0 atom stereocenters. The quantitative estimate of drug-likeness (QED) is 0.673. The van der Waals surface area contributed by atoms with E-state index in [0.29, 0.717) is 24.3 Å². The van der Waals surface area contributed by atoms with Gasteiger partial charge in [-0.15, -0.1) is 0 Å². The van der Waals surface area contributed by atoms with Gasteiger partial charge in [0.1, 0.15) is 0 Å². The van der Waals surface area contributed by atoms with Crippen LogP contribution in [-0.4, -0.2) is 31.7 Å². The van der Waals surface area contributed by atoms with Gasteiger partial charge in [0.05, 0.1) is 23.5 Å². The number of nitrogens with two attached hydrogens (primary N) is 1. The summed E-state index contributed by atoms with van der Waals surface area (Å²) < 4.78 is 5.25. The van der Waals surface area contributed by atoms with Crippen molar-refractivity contribution in [3.8, 4) is 0 Å². The minimum atomic E-state index is -0.365. The van der Waals surface area contributed by atoms with Crippen LogP contribution in [0.2, 0.25) is 0 Å². The Kier molecular flexibility index (Phi) is 4.77. The van der Waals surface area contributed by atoms with E-state index in [4.69, 9.17) is 10.5 Å². The first-order valence-corrected chi connectivity index (χ1v) is 6.71. The van der Waals surface area contributed by atoms with E-state index in [2.05, 4.69) is 4.98 Å². The van der Waals surface area contributed by atoms with E-state index in [1.54, 1.807) is 24.5 Å². The lowest BCUT2D eigenvalue weighted by molar-refractivity contribution is 0.0509. The summed E-state index contributed by atoms with van der Waals surface area (Å²) in [5.74, 6) is -0.365. The maximum Gasteiger partial charge on any atom is 0.338 e. The molecule has 0 bridgehead atoms. The van der Waals surface area contributed by atoms with Crippen LogP contribution in [0.25, 0.3) is 0 Å². The standard InChI is InChI=1S/C16H19N3O2/c1-19(2)15-6-5-13(10-14(15)17)16(20)21-9-7-12-4-3-8-18-11-12/h3-6,8,10-11H,7,9,17H2,1-2H3. The fourth-order valence-electron chi connectivity index (χ4n) is 1.98. The fraction of sp³-hybridized carbons (Fsp3) is 0.250. The molecule has 0 unspecified atom stereocenters. The maximum absolute atomic E-state index is 12.0. The summed E-state index contributed by atoms with van der Waals surface area (Å²) in [5, 5.41) is 0. The van der Waals surface area contributed by atoms with Crippen LogP contribution in [0.3, 0.4) is 0 Å². The number of ether oxygens (including phenoxy) is 1. The lowest BCUT2D eigenvalue weighted by Gasteiger charge is -2.15. The Labute approximate surface area is 124 Å². The van der Waals surface area contributed by atoms with Crippen LogP contribution in [-0.2, 0) is 11.2 Å². The Morgan fingerprint density at radius 1 is 1.33 bits per heavy atom. The molecule has 2 aromatic rings. The van der Waals surface area contributed by atoms with Crippen molar-refractivity contribution >= 4 is 17.3 Å². The molecule has 1 aromatic heterocycles. The van der Waals surface area contributed by atoms with E-state index in [0.717, 1.165) is 11.3 Å². The van der Waals surface area contributed by atoms with E-state index in [-0.39, 0.29) is 5.97 Å². The van der Waals surface area contributed by atoms with Crippen LogP contribution < -0.4 is 10.6 Å². The zero-order valence-electron chi connectivity index (χ0n) is 12.2. The highest BCUT2D eigenvalue weighted by Crippen LogP contribution is 2.22. The second kappa shape index (κ2) is 6.74. The summed E-state index contributed by atoms with van der Waals surface area (Å²) >= 11 is 0. The number of pyridine rings is 1. The molecule has 0 fully saturated rings. The largest absolute Gasteiger partial charge is 0.462 e. The molecule has 5 nitrogen and oxygen atoms in total. The topological polar surface area (TPSA) is 68.5 Å². The first-order valence-electron chi connectivity index (χ1n) is 6.71. The molecule has 21 heavy (non-hydrogen) atoms. The Morgan fingerprint density at radius 2 is 2.14 bits per heavy atom. The highest BCUT2D eigenvalue weighted by Gasteiger charge is 2.10. The van der Waals surface area contributed by atoms with Gasteiger partial charge < -0.3 is 15.4 Å². The summed E-state index contributed by atoms with van der Waals surface area (Å²) in [7, 11) is 3.80. The van der Waals surface area contributed by atoms with Crippen LogP contribution in [0.1, 0.15) is 15.9 Å². The van der Waals surface area contributed by atoms with Crippen molar-refractivity contribution in [2.45, 2.75) is 6.42 Å². The number of nitrogen functional groups attached to an aromatic ring is 1. The molecule has 2 N–H and O–H groups in total. The van der Waals surface area contributed by atoms with Gasteiger partial charge in [-0.05, 0) is 29.8 Å². The Balaban J connectivity index is 1.93. The van der Waals surface area contributed by atoms with Gasteiger partial charge in [0.2, 0.25) is 0 Å². The zero-order valence-corrected chi connectivity index (χ0v) is 12.2. The zero-order chi connectivity index (χ0) is 15.2. The number of rotatable bonds is 5. The van der Waals surface area contributed by atoms with Gasteiger partial charge in [-0.3, -0.25) is 4.98 Å². The van der Waals surface area contributed by atoms with Gasteiger partial charge in [0, 0.05) is 32.9 Å². The van der Waals surface area contributed by atoms with Gasteiger partial charge >= 0.3 is 5.97 Å². The smallest absolute Gasteiger partial charge is 0.338 e. The van der Waals surface area contributed by atoms with Crippen molar-refractivity contribution in [3.63, 3.8) is 0 Å². The van der Waals surface area contributed by atoms with Gasteiger partial charge in [0.25, 0.3) is 0 Å². The lowest BCUT2D eigenvalue weighted by Crippen LogP contribution is -2.13. The van der Waals surface area contributed by atoms with E-state index < -0.39 is 0 Å². The molecule has 110 valence electrons. The molecular weight excluding hydrogens is 266 g/mol. The summed E-state index contributed by atoms with van der Waals surface area (Å²) in [5.41, 5.74) is 8.85. The van der Waals surface area contributed by atoms with Crippen LogP contribution in [0, 0.1) is 0 Å². The van der Waals surface area contributed by atoms with Gasteiger partial charge in [-0.1, -0.05) is 6.07 Å². The number of anilines is 2. The molecule has 0 aliphatic heterocycles. The number of benzene rings is 1. The molecule has 2 rings (SSSR count). The summed E-state index contributed by atoms with van der Waals surface area (Å²) in [6.45, 7) is 0.319. The third kappa shape index (κ3) is 3.95. The molecule has 0 spiro atoms. The molecule has 0 aliphatic carbocycles. The van der Waals surface area contributed by atoms with Crippen molar-refractivity contribution < 1.29 is 9.53 Å². The number of esters is 1. The normalized spacial score (nSPS) is 10.2. The average molecular weight is 285 g/mol. The highest BCUT2D eigenvalue weighted by molar-refractivity contribution is 5.92. The molecule has 0 aliphatic rings. The van der Waals surface area contributed by atoms with Crippen LogP contribution in [0.5, 0.6) is 0 Å². The third-order valence-corrected chi connectivity index (χ3v) is 3.09. The monoisotopic (exact) mass is 285 g/mol. The van der Waals surface area contributed by atoms with Crippen LogP contribution in [0.4, 0.5) is 11.4 Å². The van der Waals surface area contributed by atoms with Crippen molar-refractivity contribution in [2.24, 2.45) is 0 Å². The molecule has 5 heteroatoms. The lowest BCUT2D eigenvalue weighted by atomic mass is 10.1. The number of nitrogens with zero attached hydrogens (tertiary/aromatic N) is 2. The van der Waals surface area contributed by atoms with Gasteiger partial charge in [-0.25, -0.2) is 4.79 Å². The third-order valence-electron chi connectivity index (χ3n) is 3.09. The Morgan fingerprint density at radius 3 is 2.76 bits per heavy atom. The predicted octanol–water partition coefficient (Wildman–Crippen LogP) is 2.13. The maximum atomic E-state index is 12.0. The summed E-state index contributed by atoms with van der Waals surface area (Å²) in [4.78, 5) is 17.9. The van der Waals surface area contributed by atoms with Gasteiger partial charge in [-0.2, -0.15) is 0 Å². The number of carbonyl (C=O) groups excluding carboxylic acids is 1. The van der Waals surface area contributed by atoms with Crippen molar-refractivity contribution in [3.05, 3.63) is 53.9 Å². The van der Waals surface area contributed by atoms with Crippen molar-refractivity contribution in [2.75, 3.05) is 31.3 Å². The first kappa shape index (κ1) is 14.8. The number of hydrogen-bond donors (Lipinski definition) is 1. The van der Waals surface area contributed by atoms with E-state index in [9.17, 15) is 4.79 Å². The second-order valence-electron chi connectivity index (χ2n) is 4.92. The molecule has 0 saturated heterocycles. The minimum Gasteiger partial charge on any atom is -0.462 e. The molecule has 0 saturated carbocycles. The predicted molar refractivity (Wildman–Crippen MR) is 83.4 cm³/mol. The van der Waals surface area contributed by atoms with Crippen molar-refractivity contribution in [1.29, 1.82) is 0 Å². The Hall–Kier alpha value is -2.56. The molecule has 0 radical (unpaired) electrons. The Bertz CT molecular complexity index is 612. The van der Waals surface area contributed by atoms with Gasteiger partial charge in [0.15, 0.2) is 0 Å². The van der Waals surface area contributed by atoms with Crippen LogP contribution in [0.15, 0.2) is 42.7 Å². The van der Waals surface area contributed by atoms with Crippen molar-refractivity contribution in [1.82, 2.24) is 4.98 Å². The number of hydrogen-bond acceptors (Lipinski definition) is 5. The summed E-state index contributed by atoms with van der Waals surface area (Å²) in [6, 6.07) is 8.98. The SMILES string of the molecule is CN(C)c1ccc(C(=O)OCCc2cccnc2)cc1N. The minimum absolute atomic E-state index is 0.319. The molecular formula is C16H19N3O2. The number of carbonyl (C=O) groups is 1. The highest BCUT2D eigenvalue weighted by atomic mass is 16.5. The molecule has 0 amide bonds.